The fourth-order valence-electron chi connectivity index (χ4n) is 3.00. The van der Waals surface area contributed by atoms with Crippen LogP contribution in [0, 0.1) is 0 Å². The van der Waals surface area contributed by atoms with Crippen LogP contribution in [-0.4, -0.2) is 56.0 Å². The molecule has 2 aliphatic heterocycles. The molecule has 1 fully saturated rings. The van der Waals surface area contributed by atoms with E-state index in [0.717, 1.165) is 19.4 Å². The Morgan fingerprint density at radius 3 is 3.05 bits per heavy atom. The second-order valence-corrected chi connectivity index (χ2v) is 5.70. The molecule has 0 bridgehead atoms. The van der Waals surface area contributed by atoms with E-state index in [2.05, 4.69) is 5.32 Å². The summed E-state index contributed by atoms with van der Waals surface area (Å²) < 4.78 is 5.40. The molecule has 2 aliphatic rings. The number of para-hydroxylation sites is 2. The third kappa shape index (κ3) is 2.92. The Morgan fingerprint density at radius 1 is 1.41 bits per heavy atom. The van der Waals surface area contributed by atoms with Crippen molar-refractivity contribution < 1.29 is 14.3 Å². The van der Waals surface area contributed by atoms with Crippen LogP contribution in [0.5, 0.6) is 5.75 Å². The quantitative estimate of drug-likeness (QED) is 0.889. The maximum absolute atomic E-state index is 12.5. The number of fused-ring (bicyclic) bond motifs is 1. The van der Waals surface area contributed by atoms with Crippen molar-refractivity contribution in [3.8, 4) is 5.75 Å². The number of hydrogen-bond donors (Lipinski definition) is 1. The fourth-order valence-corrected chi connectivity index (χ4v) is 3.00. The number of carbonyl (C=O) groups is 2. The van der Waals surface area contributed by atoms with Gasteiger partial charge in [-0.2, -0.15) is 0 Å². The van der Waals surface area contributed by atoms with E-state index in [1.807, 2.05) is 36.2 Å². The average molecular weight is 303 g/mol. The summed E-state index contributed by atoms with van der Waals surface area (Å²) in [6.07, 6.45) is 2.07. The molecule has 0 aromatic heterocycles. The normalized spacial score (nSPS) is 21.3. The molecule has 1 atom stereocenters. The lowest BCUT2D eigenvalue weighted by atomic mass is 10.1. The van der Waals surface area contributed by atoms with Gasteiger partial charge in [0.05, 0.1) is 5.69 Å². The molecule has 1 aromatic carbocycles. The second-order valence-electron chi connectivity index (χ2n) is 5.70. The molecule has 22 heavy (non-hydrogen) atoms. The molecule has 0 spiro atoms. The zero-order valence-electron chi connectivity index (χ0n) is 12.7. The standard InChI is InChI=1S/C16H21N3O3/c1-17-12-5-4-8-18(9-12)15(20)10-19-13-6-2-3-7-14(13)22-11-16(19)21/h2-3,6-7,12,17H,4-5,8-11H2,1H3. The highest BCUT2D eigenvalue weighted by Crippen LogP contribution is 2.31. The van der Waals surface area contributed by atoms with E-state index in [1.165, 1.54) is 4.90 Å². The van der Waals surface area contributed by atoms with Crippen molar-refractivity contribution in [3.05, 3.63) is 24.3 Å². The van der Waals surface area contributed by atoms with Gasteiger partial charge in [-0.05, 0) is 32.0 Å². The van der Waals surface area contributed by atoms with Gasteiger partial charge in [-0.3, -0.25) is 14.5 Å². The first-order valence-corrected chi connectivity index (χ1v) is 7.66. The van der Waals surface area contributed by atoms with Gasteiger partial charge in [-0.1, -0.05) is 12.1 Å². The van der Waals surface area contributed by atoms with E-state index < -0.39 is 0 Å². The summed E-state index contributed by atoms with van der Waals surface area (Å²) in [4.78, 5) is 28.0. The number of nitrogens with zero attached hydrogens (tertiary/aromatic N) is 2. The monoisotopic (exact) mass is 303 g/mol. The summed E-state index contributed by atoms with van der Waals surface area (Å²) in [7, 11) is 1.92. The van der Waals surface area contributed by atoms with Crippen LogP contribution in [0.3, 0.4) is 0 Å². The molecule has 0 aliphatic carbocycles. The van der Waals surface area contributed by atoms with E-state index in [-0.39, 0.29) is 25.0 Å². The molecule has 3 rings (SSSR count). The van der Waals surface area contributed by atoms with Crippen molar-refractivity contribution in [2.75, 3.05) is 38.2 Å². The summed E-state index contributed by atoms with van der Waals surface area (Å²) in [6.45, 7) is 1.53. The molecule has 118 valence electrons. The average Bonchev–Trinajstić information content (AvgIpc) is 2.57. The van der Waals surface area contributed by atoms with Crippen LogP contribution in [0.4, 0.5) is 5.69 Å². The highest BCUT2D eigenvalue weighted by molar-refractivity contribution is 6.02. The summed E-state index contributed by atoms with van der Waals surface area (Å²) in [5.41, 5.74) is 0.675. The van der Waals surface area contributed by atoms with Crippen LogP contribution < -0.4 is 15.0 Å². The highest BCUT2D eigenvalue weighted by atomic mass is 16.5. The Balaban J connectivity index is 1.72. The largest absolute Gasteiger partial charge is 0.482 e. The van der Waals surface area contributed by atoms with E-state index >= 15 is 0 Å². The van der Waals surface area contributed by atoms with Crippen molar-refractivity contribution >= 4 is 17.5 Å². The number of amides is 2. The third-order valence-electron chi connectivity index (χ3n) is 4.28. The van der Waals surface area contributed by atoms with Gasteiger partial charge in [0, 0.05) is 19.1 Å². The number of likely N-dealkylation sites (tertiary alicyclic amines) is 1. The molecular formula is C16H21N3O3. The lowest BCUT2D eigenvalue weighted by Gasteiger charge is -2.35. The highest BCUT2D eigenvalue weighted by Gasteiger charge is 2.30. The van der Waals surface area contributed by atoms with Gasteiger partial charge in [0.25, 0.3) is 5.91 Å². The first kappa shape index (κ1) is 14.8. The topological polar surface area (TPSA) is 61.9 Å². The van der Waals surface area contributed by atoms with Gasteiger partial charge in [-0.25, -0.2) is 0 Å². The van der Waals surface area contributed by atoms with Crippen LogP contribution >= 0.6 is 0 Å². The van der Waals surface area contributed by atoms with Gasteiger partial charge in [-0.15, -0.1) is 0 Å². The SMILES string of the molecule is CNC1CCCN(C(=O)CN2C(=O)COc3ccccc32)C1. The van der Waals surface area contributed by atoms with E-state index in [4.69, 9.17) is 4.74 Å². The van der Waals surface area contributed by atoms with Crippen molar-refractivity contribution in [2.24, 2.45) is 0 Å². The fraction of sp³-hybridized carbons (Fsp3) is 0.500. The first-order chi connectivity index (χ1) is 10.7. The molecule has 6 nitrogen and oxygen atoms in total. The van der Waals surface area contributed by atoms with Gasteiger partial charge in [0.2, 0.25) is 5.91 Å². The summed E-state index contributed by atoms with van der Waals surface area (Å²) >= 11 is 0. The smallest absolute Gasteiger partial charge is 0.265 e. The Kier molecular flexibility index (Phi) is 4.29. The summed E-state index contributed by atoms with van der Waals surface area (Å²) in [5.74, 6) is 0.473. The van der Waals surface area contributed by atoms with Crippen LogP contribution in [-0.2, 0) is 9.59 Å². The maximum Gasteiger partial charge on any atom is 0.265 e. The Labute approximate surface area is 130 Å². The minimum atomic E-state index is -0.172. The number of piperidine rings is 1. The molecule has 1 unspecified atom stereocenters. The number of hydrogen-bond acceptors (Lipinski definition) is 4. The molecule has 1 saturated heterocycles. The number of carbonyl (C=O) groups excluding carboxylic acids is 2. The van der Waals surface area contributed by atoms with Gasteiger partial charge in [0.1, 0.15) is 12.3 Å². The summed E-state index contributed by atoms with van der Waals surface area (Å²) in [6, 6.07) is 7.67. The summed E-state index contributed by atoms with van der Waals surface area (Å²) in [5, 5.41) is 3.22. The van der Waals surface area contributed by atoms with Gasteiger partial charge < -0.3 is 15.0 Å². The van der Waals surface area contributed by atoms with Crippen molar-refractivity contribution in [1.82, 2.24) is 10.2 Å². The van der Waals surface area contributed by atoms with Crippen LogP contribution in [0.25, 0.3) is 0 Å². The van der Waals surface area contributed by atoms with Crippen LogP contribution in [0.2, 0.25) is 0 Å². The Bertz CT molecular complexity index is 576. The minimum absolute atomic E-state index is 0.00926. The van der Waals surface area contributed by atoms with E-state index in [0.29, 0.717) is 24.0 Å². The van der Waals surface area contributed by atoms with Crippen molar-refractivity contribution in [1.29, 1.82) is 0 Å². The zero-order valence-corrected chi connectivity index (χ0v) is 12.7. The van der Waals surface area contributed by atoms with Crippen LogP contribution in [0.15, 0.2) is 24.3 Å². The number of benzene rings is 1. The lowest BCUT2D eigenvalue weighted by molar-refractivity contribution is -0.133. The molecule has 0 radical (unpaired) electrons. The molecule has 2 amide bonds. The Hall–Kier alpha value is -2.08. The van der Waals surface area contributed by atoms with E-state index in [9.17, 15) is 9.59 Å². The number of nitrogens with one attached hydrogen (secondary N) is 1. The first-order valence-electron chi connectivity index (χ1n) is 7.66. The number of likely N-dealkylation sites (N-methyl/N-ethyl adjacent to an activating group) is 1. The van der Waals surface area contributed by atoms with Crippen LogP contribution in [0.1, 0.15) is 12.8 Å². The molecule has 1 aromatic rings. The minimum Gasteiger partial charge on any atom is -0.482 e. The molecule has 2 heterocycles. The molecule has 0 saturated carbocycles. The second kappa shape index (κ2) is 6.36. The third-order valence-corrected chi connectivity index (χ3v) is 4.28. The predicted molar refractivity (Wildman–Crippen MR) is 83.0 cm³/mol. The number of anilines is 1. The van der Waals surface area contributed by atoms with E-state index in [1.54, 1.807) is 0 Å². The Morgan fingerprint density at radius 2 is 2.23 bits per heavy atom. The van der Waals surface area contributed by atoms with Crippen molar-refractivity contribution in [3.63, 3.8) is 0 Å². The van der Waals surface area contributed by atoms with Gasteiger partial charge in [0.15, 0.2) is 6.61 Å². The molecular weight excluding hydrogens is 282 g/mol. The number of rotatable bonds is 3. The zero-order chi connectivity index (χ0) is 15.5. The maximum atomic E-state index is 12.5. The van der Waals surface area contributed by atoms with Gasteiger partial charge >= 0.3 is 0 Å². The lowest BCUT2D eigenvalue weighted by Crippen LogP contribution is -2.51. The number of ether oxygens (including phenoxy) is 1. The van der Waals surface area contributed by atoms with Crippen molar-refractivity contribution in [2.45, 2.75) is 18.9 Å². The predicted octanol–water partition coefficient (Wildman–Crippen LogP) is 0.622. The molecule has 6 heteroatoms. The molecule has 1 N–H and O–H groups in total.